The number of nitrogens with one attached hydrogen (secondary N) is 2. The summed E-state index contributed by atoms with van der Waals surface area (Å²) >= 11 is 0. The molecular weight excluding hydrogens is 430 g/mol. The molecule has 34 heavy (non-hydrogen) atoms. The molecule has 3 rings (SSSR count). The molecule has 2 atom stereocenters. The van der Waals surface area contributed by atoms with Gasteiger partial charge in [-0.1, -0.05) is 84.9 Å². The lowest BCUT2D eigenvalue weighted by molar-refractivity contribution is -0.138. The fraction of sp³-hybridized carbons (Fsp3) is 0.185. The molecule has 7 nitrogen and oxygen atoms in total. The maximum atomic E-state index is 12.9. The van der Waals surface area contributed by atoms with Gasteiger partial charge >= 0.3 is 0 Å². The third-order valence-corrected chi connectivity index (χ3v) is 5.35. The molecule has 0 aliphatic heterocycles. The molecule has 0 fully saturated rings. The van der Waals surface area contributed by atoms with E-state index in [2.05, 4.69) is 10.6 Å². The van der Waals surface area contributed by atoms with Crippen molar-refractivity contribution in [1.29, 1.82) is 0 Å². The number of benzene rings is 3. The van der Waals surface area contributed by atoms with Crippen LogP contribution in [0.5, 0.6) is 0 Å². The van der Waals surface area contributed by atoms with Crippen molar-refractivity contribution in [3.05, 3.63) is 96.1 Å². The Kier molecular flexibility index (Phi) is 8.29. The average Bonchev–Trinajstić information content (AvgIpc) is 2.84. The Morgan fingerprint density at radius 1 is 0.735 bits per heavy atom. The summed E-state index contributed by atoms with van der Waals surface area (Å²) in [6.45, 7) is 1.38. The molecular formula is C27H27N3O4. The standard InChI is InChI=1S/C27H27N3O4/c1-18(25(32)26(28)33)29-27(34)23(30-24(31)17-19-8-4-2-5-9-19)16-20-12-14-22(15-13-20)21-10-6-3-7-11-21/h2-15,18,23H,16-17H2,1H3,(H2,28,33)(H,29,34)(H,30,31)/t18?,23-/m0/s1. The van der Waals surface area contributed by atoms with Crippen molar-refractivity contribution in [2.24, 2.45) is 5.73 Å². The van der Waals surface area contributed by atoms with Crippen LogP contribution in [0.25, 0.3) is 11.1 Å². The SMILES string of the molecule is CC(NC(=O)[C@H](Cc1ccc(-c2ccccc2)cc1)NC(=O)Cc1ccccc1)C(=O)C(N)=O. The van der Waals surface area contributed by atoms with Crippen molar-refractivity contribution >= 4 is 23.5 Å². The van der Waals surface area contributed by atoms with Gasteiger partial charge in [-0.05, 0) is 29.2 Å². The van der Waals surface area contributed by atoms with Crippen LogP contribution in [0.3, 0.4) is 0 Å². The molecule has 0 aromatic heterocycles. The van der Waals surface area contributed by atoms with E-state index in [4.69, 9.17) is 5.73 Å². The van der Waals surface area contributed by atoms with Gasteiger partial charge in [0.25, 0.3) is 5.91 Å². The van der Waals surface area contributed by atoms with Crippen LogP contribution in [0.2, 0.25) is 0 Å². The third-order valence-electron chi connectivity index (χ3n) is 5.35. The van der Waals surface area contributed by atoms with Gasteiger partial charge in [-0.15, -0.1) is 0 Å². The molecule has 7 heteroatoms. The Labute approximate surface area is 198 Å². The first-order valence-electron chi connectivity index (χ1n) is 10.9. The predicted molar refractivity (Wildman–Crippen MR) is 129 cm³/mol. The van der Waals surface area contributed by atoms with E-state index in [1.807, 2.05) is 84.9 Å². The lowest BCUT2D eigenvalue weighted by atomic mass is 9.99. The highest BCUT2D eigenvalue weighted by Crippen LogP contribution is 2.20. The first-order chi connectivity index (χ1) is 16.3. The van der Waals surface area contributed by atoms with Gasteiger partial charge in [0.1, 0.15) is 6.04 Å². The zero-order valence-electron chi connectivity index (χ0n) is 18.9. The second-order valence-electron chi connectivity index (χ2n) is 8.01. The van der Waals surface area contributed by atoms with E-state index in [0.717, 1.165) is 22.3 Å². The summed E-state index contributed by atoms with van der Waals surface area (Å²) in [7, 11) is 0. The van der Waals surface area contributed by atoms with Gasteiger partial charge in [0, 0.05) is 6.42 Å². The molecule has 0 aliphatic carbocycles. The van der Waals surface area contributed by atoms with Crippen LogP contribution in [0.4, 0.5) is 0 Å². The molecule has 0 saturated heterocycles. The van der Waals surface area contributed by atoms with Gasteiger partial charge in [-0.3, -0.25) is 19.2 Å². The van der Waals surface area contributed by atoms with Crippen LogP contribution in [0.1, 0.15) is 18.1 Å². The number of amides is 3. The molecule has 0 radical (unpaired) electrons. The summed E-state index contributed by atoms with van der Waals surface area (Å²) in [6, 6.07) is 24.7. The minimum Gasteiger partial charge on any atom is -0.363 e. The average molecular weight is 458 g/mol. The smallest absolute Gasteiger partial charge is 0.287 e. The summed E-state index contributed by atoms with van der Waals surface area (Å²) in [6.07, 6.45) is 0.312. The van der Waals surface area contributed by atoms with Gasteiger partial charge < -0.3 is 16.4 Å². The fourth-order valence-electron chi connectivity index (χ4n) is 3.53. The summed E-state index contributed by atoms with van der Waals surface area (Å²) in [4.78, 5) is 48.6. The zero-order chi connectivity index (χ0) is 24.5. The first-order valence-corrected chi connectivity index (χ1v) is 10.9. The number of carbonyl (C=O) groups excluding carboxylic acids is 4. The van der Waals surface area contributed by atoms with Crippen LogP contribution in [0.15, 0.2) is 84.9 Å². The zero-order valence-corrected chi connectivity index (χ0v) is 18.9. The second-order valence-corrected chi connectivity index (χ2v) is 8.01. The highest BCUT2D eigenvalue weighted by Gasteiger charge is 2.26. The van der Waals surface area contributed by atoms with Gasteiger partial charge in [0.2, 0.25) is 17.6 Å². The van der Waals surface area contributed by atoms with Gasteiger partial charge in [0.05, 0.1) is 12.5 Å². The van der Waals surface area contributed by atoms with Crippen molar-refractivity contribution in [2.75, 3.05) is 0 Å². The molecule has 3 aromatic carbocycles. The minimum atomic E-state index is -1.13. The normalized spacial score (nSPS) is 12.3. The largest absolute Gasteiger partial charge is 0.363 e. The summed E-state index contributed by atoms with van der Waals surface area (Å²) in [5, 5.41) is 5.24. The number of hydrogen-bond donors (Lipinski definition) is 3. The van der Waals surface area contributed by atoms with E-state index in [9.17, 15) is 19.2 Å². The maximum absolute atomic E-state index is 12.9. The molecule has 0 bridgehead atoms. The Morgan fingerprint density at radius 3 is 1.88 bits per heavy atom. The molecule has 3 amide bonds. The van der Waals surface area contributed by atoms with Crippen LogP contribution < -0.4 is 16.4 Å². The Balaban J connectivity index is 1.74. The number of Topliss-reactive ketones (excluding diaryl/α,β-unsaturated/α-hetero) is 1. The van der Waals surface area contributed by atoms with Crippen LogP contribution in [0, 0.1) is 0 Å². The fourth-order valence-corrected chi connectivity index (χ4v) is 3.53. The Hall–Kier alpha value is -4.26. The van der Waals surface area contributed by atoms with Crippen LogP contribution >= 0.6 is 0 Å². The predicted octanol–water partition coefficient (Wildman–Crippen LogP) is 2.18. The van der Waals surface area contributed by atoms with Crippen molar-refractivity contribution in [3.8, 4) is 11.1 Å². The van der Waals surface area contributed by atoms with E-state index in [1.165, 1.54) is 6.92 Å². The summed E-state index contributed by atoms with van der Waals surface area (Å²) in [5.74, 6) is -2.94. The van der Waals surface area contributed by atoms with Gasteiger partial charge in [-0.2, -0.15) is 0 Å². The van der Waals surface area contributed by atoms with E-state index < -0.39 is 29.7 Å². The second kappa shape index (κ2) is 11.6. The van der Waals surface area contributed by atoms with Crippen molar-refractivity contribution < 1.29 is 19.2 Å². The Morgan fingerprint density at radius 2 is 1.29 bits per heavy atom. The number of nitrogens with two attached hydrogens (primary N) is 1. The lowest BCUT2D eigenvalue weighted by Gasteiger charge is -2.21. The molecule has 3 aromatic rings. The minimum absolute atomic E-state index is 0.104. The van der Waals surface area contributed by atoms with Crippen LogP contribution in [-0.4, -0.2) is 35.6 Å². The highest BCUT2D eigenvalue weighted by atomic mass is 16.2. The summed E-state index contributed by atoms with van der Waals surface area (Å²) in [5.41, 5.74) is 8.76. The molecule has 0 aliphatic rings. The molecule has 4 N–H and O–H groups in total. The van der Waals surface area contributed by atoms with E-state index in [1.54, 1.807) is 0 Å². The molecule has 0 heterocycles. The van der Waals surface area contributed by atoms with E-state index >= 15 is 0 Å². The first kappa shape index (κ1) is 24.4. The van der Waals surface area contributed by atoms with E-state index in [-0.39, 0.29) is 18.7 Å². The third kappa shape index (κ3) is 6.87. The number of hydrogen-bond acceptors (Lipinski definition) is 4. The Bertz CT molecular complexity index is 1150. The van der Waals surface area contributed by atoms with E-state index in [0.29, 0.717) is 0 Å². The monoisotopic (exact) mass is 457 g/mol. The molecule has 1 unspecified atom stereocenters. The van der Waals surface area contributed by atoms with Crippen LogP contribution in [-0.2, 0) is 32.0 Å². The van der Waals surface area contributed by atoms with Crippen molar-refractivity contribution in [2.45, 2.75) is 31.8 Å². The summed E-state index contributed by atoms with van der Waals surface area (Å²) < 4.78 is 0. The highest BCUT2D eigenvalue weighted by molar-refractivity contribution is 6.37. The molecule has 174 valence electrons. The lowest BCUT2D eigenvalue weighted by Crippen LogP contribution is -2.53. The maximum Gasteiger partial charge on any atom is 0.287 e. The molecule has 0 saturated carbocycles. The molecule has 0 spiro atoms. The van der Waals surface area contributed by atoms with Gasteiger partial charge in [0.15, 0.2) is 0 Å². The number of ketones is 1. The number of carbonyl (C=O) groups is 4. The topological polar surface area (TPSA) is 118 Å². The number of primary amides is 1. The number of rotatable bonds is 10. The van der Waals surface area contributed by atoms with Crippen molar-refractivity contribution in [1.82, 2.24) is 10.6 Å². The van der Waals surface area contributed by atoms with Gasteiger partial charge in [-0.25, -0.2) is 0 Å². The quantitative estimate of drug-likeness (QED) is 0.404. The van der Waals surface area contributed by atoms with Crippen molar-refractivity contribution in [3.63, 3.8) is 0 Å².